The van der Waals surface area contributed by atoms with Crippen molar-refractivity contribution in [3.8, 4) is 0 Å². The molecular formula is C17H27ClN4O. The first-order valence-electron chi connectivity index (χ1n) is 8.30. The molecule has 0 unspecified atom stereocenters. The number of hydrogen-bond acceptors (Lipinski definition) is 4. The van der Waals surface area contributed by atoms with Crippen molar-refractivity contribution >= 4 is 22.6 Å². The first kappa shape index (κ1) is 18.2. The minimum Gasteiger partial charge on any atom is -0.396 e. The number of nitrogens with zero attached hydrogens (tertiary/aromatic N) is 3. The molecule has 128 valence electrons. The minimum absolute atomic E-state index is 0.0630. The van der Waals surface area contributed by atoms with Gasteiger partial charge in [0.05, 0.1) is 6.20 Å². The lowest BCUT2D eigenvalue weighted by Crippen LogP contribution is -2.36. The van der Waals surface area contributed by atoms with Crippen LogP contribution >= 0.6 is 11.6 Å². The van der Waals surface area contributed by atoms with E-state index in [-0.39, 0.29) is 18.1 Å². The number of rotatable bonds is 8. The van der Waals surface area contributed by atoms with E-state index in [9.17, 15) is 5.11 Å². The molecule has 0 aromatic carbocycles. The molecule has 23 heavy (non-hydrogen) atoms. The maximum atomic E-state index is 9.63. The molecule has 0 atom stereocenters. The van der Waals surface area contributed by atoms with E-state index in [1.807, 2.05) is 16.9 Å². The van der Waals surface area contributed by atoms with E-state index >= 15 is 0 Å². The smallest absolute Gasteiger partial charge is 0.159 e. The Labute approximate surface area is 143 Å². The van der Waals surface area contributed by atoms with Gasteiger partial charge in [0.25, 0.3) is 0 Å². The summed E-state index contributed by atoms with van der Waals surface area (Å²) in [6.45, 7) is 9.96. The zero-order valence-electron chi connectivity index (χ0n) is 14.4. The second kappa shape index (κ2) is 7.60. The number of fused-ring (bicyclic) bond motifs is 1. The number of aliphatic hydroxyl groups is 1. The van der Waals surface area contributed by atoms with Gasteiger partial charge in [0.1, 0.15) is 5.15 Å². The van der Waals surface area contributed by atoms with Crippen molar-refractivity contribution in [3.05, 3.63) is 23.0 Å². The summed E-state index contributed by atoms with van der Waals surface area (Å²) < 4.78 is 1.88. The van der Waals surface area contributed by atoms with Gasteiger partial charge in [0.15, 0.2) is 5.65 Å². The Kier molecular flexibility index (Phi) is 6.00. The molecule has 0 saturated heterocycles. The number of aromatic nitrogens is 3. The largest absolute Gasteiger partial charge is 0.396 e. The zero-order valence-corrected chi connectivity index (χ0v) is 15.2. The average molecular weight is 339 g/mol. The maximum absolute atomic E-state index is 9.63. The molecule has 0 fully saturated rings. The maximum Gasteiger partial charge on any atom is 0.159 e. The third-order valence-electron chi connectivity index (χ3n) is 4.74. The van der Waals surface area contributed by atoms with Crippen LogP contribution < -0.4 is 5.32 Å². The highest BCUT2D eigenvalue weighted by Crippen LogP contribution is 2.26. The number of aliphatic hydroxyl groups excluding tert-OH is 1. The number of pyridine rings is 1. The normalized spacial score (nSPS) is 12.5. The molecule has 0 amide bonds. The molecule has 2 heterocycles. The van der Waals surface area contributed by atoms with Crippen LogP contribution in [0.25, 0.3) is 11.0 Å². The molecule has 0 aliphatic carbocycles. The fraction of sp³-hybridized carbons (Fsp3) is 0.647. The van der Waals surface area contributed by atoms with Gasteiger partial charge in [-0.2, -0.15) is 5.10 Å². The number of nitrogens with one attached hydrogen (secondary N) is 1. The second-order valence-electron chi connectivity index (χ2n) is 6.50. The van der Waals surface area contributed by atoms with Crippen LogP contribution in [-0.2, 0) is 6.54 Å². The molecule has 0 saturated carbocycles. The second-order valence-corrected chi connectivity index (χ2v) is 6.86. The van der Waals surface area contributed by atoms with E-state index in [1.165, 1.54) is 0 Å². The summed E-state index contributed by atoms with van der Waals surface area (Å²) in [5, 5.41) is 18.9. The lowest BCUT2D eigenvalue weighted by atomic mass is 9.83. The van der Waals surface area contributed by atoms with Crippen molar-refractivity contribution in [2.45, 2.75) is 53.1 Å². The fourth-order valence-electron chi connectivity index (χ4n) is 2.74. The van der Waals surface area contributed by atoms with E-state index in [1.54, 1.807) is 0 Å². The summed E-state index contributed by atoms with van der Waals surface area (Å²) in [7, 11) is 0. The molecule has 2 aromatic rings. The number of hydrogen-bond donors (Lipinski definition) is 2. The van der Waals surface area contributed by atoms with Gasteiger partial charge < -0.3 is 10.4 Å². The Balaban J connectivity index is 2.13. The van der Waals surface area contributed by atoms with E-state index in [0.29, 0.717) is 11.7 Å². The summed E-state index contributed by atoms with van der Waals surface area (Å²) in [6, 6.07) is 2.29. The SMILES string of the molecule is CCC(CC)(CO)CNCc1cc2cnn(C(C)C)c2nc1Cl. The van der Waals surface area contributed by atoms with Gasteiger partial charge in [-0.3, -0.25) is 0 Å². The molecule has 0 bridgehead atoms. The van der Waals surface area contributed by atoms with Crippen LogP contribution in [0.3, 0.4) is 0 Å². The molecule has 2 aromatic heterocycles. The van der Waals surface area contributed by atoms with Gasteiger partial charge in [0.2, 0.25) is 0 Å². The van der Waals surface area contributed by atoms with Crippen molar-refractivity contribution < 1.29 is 5.11 Å². The molecule has 5 nitrogen and oxygen atoms in total. The van der Waals surface area contributed by atoms with Crippen LogP contribution in [0.1, 0.15) is 52.1 Å². The lowest BCUT2D eigenvalue weighted by molar-refractivity contribution is 0.113. The Morgan fingerprint density at radius 3 is 2.61 bits per heavy atom. The summed E-state index contributed by atoms with van der Waals surface area (Å²) in [6.07, 6.45) is 3.72. The summed E-state index contributed by atoms with van der Waals surface area (Å²) in [5.41, 5.74) is 1.72. The van der Waals surface area contributed by atoms with Gasteiger partial charge in [-0.05, 0) is 32.8 Å². The molecule has 0 aliphatic heterocycles. The molecule has 0 spiro atoms. The fourth-order valence-corrected chi connectivity index (χ4v) is 2.94. The first-order chi connectivity index (χ1) is 11.0. The van der Waals surface area contributed by atoms with Gasteiger partial charge in [0, 0.05) is 42.1 Å². The predicted molar refractivity (Wildman–Crippen MR) is 94.7 cm³/mol. The van der Waals surface area contributed by atoms with Crippen LogP contribution in [0, 0.1) is 5.41 Å². The zero-order chi connectivity index (χ0) is 17.0. The predicted octanol–water partition coefficient (Wildman–Crippen LogP) is 3.55. The highest BCUT2D eigenvalue weighted by Gasteiger charge is 2.24. The Morgan fingerprint density at radius 2 is 2.04 bits per heavy atom. The van der Waals surface area contributed by atoms with Crippen LogP contribution in [0.4, 0.5) is 0 Å². The molecule has 2 N–H and O–H groups in total. The minimum atomic E-state index is -0.0630. The standard InChI is InChI=1S/C17H27ClN4O/c1-5-17(6-2,11-23)10-19-8-13-7-14-9-20-22(12(3)4)16(14)21-15(13)18/h7,9,12,19,23H,5-6,8,10-11H2,1-4H3. The van der Waals surface area contributed by atoms with E-state index < -0.39 is 0 Å². The van der Waals surface area contributed by atoms with E-state index in [0.717, 1.165) is 36.0 Å². The van der Waals surface area contributed by atoms with Crippen LogP contribution in [0.2, 0.25) is 5.15 Å². The number of halogens is 1. The van der Waals surface area contributed by atoms with Crippen LogP contribution in [-0.4, -0.2) is 33.0 Å². The van der Waals surface area contributed by atoms with Crippen molar-refractivity contribution in [2.24, 2.45) is 5.41 Å². The van der Waals surface area contributed by atoms with Crippen LogP contribution in [0.5, 0.6) is 0 Å². The molecule has 6 heteroatoms. The lowest BCUT2D eigenvalue weighted by Gasteiger charge is -2.29. The van der Waals surface area contributed by atoms with E-state index in [4.69, 9.17) is 11.6 Å². The topological polar surface area (TPSA) is 63.0 Å². The quantitative estimate of drug-likeness (QED) is 0.722. The molecule has 2 rings (SSSR count). The van der Waals surface area contributed by atoms with Crippen molar-refractivity contribution in [3.63, 3.8) is 0 Å². The van der Waals surface area contributed by atoms with Gasteiger partial charge in [-0.25, -0.2) is 9.67 Å². The Hall–Kier alpha value is -1.17. The monoisotopic (exact) mass is 338 g/mol. The summed E-state index contributed by atoms with van der Waals surface area (Å²) in [5.74, 6) is 0. The van der Waals surface area contributed by atoms with Gasteiger partial charge in [-0.1, -0.05) is 25.4 Å². The van der Waals surface area contributed by atoms with Gasteiger partial charge >= 0.3 is 0 Å². The molecular weight excluding hydrogens is 312 g/mol. The van der Waals surface area contributed by atoms with E-state index in [2.05, 4.69) is 43.1 Å². The average Bonchev–Trinajstić information content (AvgIpc) is 2.95. The summed E-state index contributed by atoms with van der Waals surface area (Å²) >= 11 is 6.35. The van der Waals surface area contributed by atoms with Gasteiger partial charge in [-0.15, -0.1) is 0 Å². The molecule has 0 radical (unpaired) electrons. The van der Waals surface area contributed by atoms with Crippen molar-refractivity contribution in [2.75, 3.05) is 13.2 Å². The first-order valence-corrected chi connectivity index (χ1v) is 8.68. The molecule has 0 aliphatic rings. The van der Waals surface area contributed by atoms with Crippen molar-refractivity contribution in [1.29, 1.82) is 0 Å². The third kappa shape index (κ3) is 3.84. The third-order valence-corrected chi connectivity index (χ3v) is 5.06. The highest BCUT2D eigenvalue weighted by atomic mass is 35.5. The Morgan fingerprint density at radius 1 is 1.35 bits per heavy atom. The highest BCUT2D eigenvalue weighted by molar-refractivity contribution is 6.30. The summed E-state index contributed by atoms with van der Waals surface area (Å²) in [4.78, 5) is 4.51. The van der Waals surface area contributed by atoms with Crippen molar-refractivity contribution in [1.82, 2.24) is 20.1 Å². The Bertz CT molecular complexity index is 641. The van der Waals surface area contributed by atoms with Crippen LogP contribution in [0.15, 0.2) is 12.3 Å².